The molecule has 2 aliphatic rings. The van der Waals surface area contributed by atoms with E-state index in [0.717, 1.165) is 36.8 Å². The molecule has 1 saturated heterocycles. The number of hydrogen-bond acceptors (Lipinski definition) is 3. The number of fused-ring (bicyclic) bond motifs is 1. The summed E-state index contributed by atoms with van der Waals surface area (Å²) in [6, 6.07) is 6.59. The SMILES string of the molecule is CCN(CC1CCCCN1)CC1Cc2cc(Cl)ccc2O1. The van der Waals surface area contributed by atoms with Crippen LogP contribution in [-0.2, 0) is 6.42 Å². The fraction of sp³-hybridized carbons (Fsp3) is 0.647. The molecule has 0 aliphatic carbocycles. The third-order valence-electron chi connectivity index (χ3n) is 4.56. The van der Waals surface area contributed by atoms with Gasteiger partial charge < -0.3 is 10.1 Å². The summed E-state index contributed by atoms with van der Waals surface area (Å²) in [4.78, 5) is 2.52. The molecule has 4 heteroatoms. The maximum atomic E-state index is 6.06. The number of benzene rings is 1. The van der Waals surface area contributed by atoms with Crippen LogP contribution in [-0.4, -0.2) is 43.2 Å². The van der Waals surface area contributed by atoms with Gasteiger partial charge in [0.2, 0.25) is 0 Å². The molecule has 0 bridgehead atoms. The summed E-state index contributed by atoms with van der Waals surface area (Å²) in [5.41, 5.74) is 1.25. The van der Waals surface area contributed by atoms with E-state index in [-0.39, 0.29) is 6.10 Å². The Kier molecular flexibility index (Phi) is 5.04. The number of ether oxygens (including phenoxy) is 1. The lowest BCUT2D eigenvalue weighted by Crippen LogP contribution is -2.46. The topological polar surface area (TPSA) is 24.5 Å². The maximum Gasteiger partial charge on any atom is 0.123 e. The summed E-state index contributed by atoms with van der Waals surface area (Å²) < 4.78 is 6.06. The van der Waals surface area contributed by atoms with E-state index in [1.165, 1.54) is 31.4 Å². The summed E-state index contributed by atoms with van der Waals surface area (Å²) in [5, 5.41) is 4.44. The molecule has 2 unspecified atom stereocenters. The van der Waals surface area contributed by atoms with Gasteiger partial charge in [0, 0.05) is 30.6 Å². The van der Waals surface area contributed by atoms with Crippen molar-refractivity contribution in [3.8, 4) is 5.75 Å². The number of nitrogens with zero attached hydrogens (tertiary/aromatic N) is 1. The van der Waals surface area contributed by atoms with Crippen molar-refractivity contribution in [2.75, 3.05) is 26.2 Å². The molecule has 1 aromatic carbocycles. The molecule has 1 aromatic rings. The van der Waals surface area contributed by atoms with E-state index in [2.05, 4.69) is 17.1 Å². The Bertz CT molecular complexity index is 474. The van der Waals surface area contributed by atoms with Crippen LogP contribution in [0.25, 0.3) is 0 Å². The molecular weight excluding hydrogens is 284 g/mol. The highest BCUT2D eigenvalue weighted by Crippen LogP contribution is 2.31. The van der Waals surface area contributed by atoms with Crippen molar-refractivity contribution < 1.29 is 4.74 Å². The lowest BCUT2D eigenvalue weighted by molar-refractivity contribution is 0.141. The second-order valence-corrected chi connectivity index (χ2v) is 6.63. The van der Waals surface area contributed by atoms with Crippen molar-refractivity contribution in [2.45, 2.75) is 44.8 Å². The van der Waals surface area contributed by atoms with Crippen LogP contribution in [0.3, 0.4) is 0 Å². The Labute approximate surface area is 132 Å². The third-order valence-corrected chi connectivity index (χ3v) is 4.80. The van der Waals surface area contributed by atoms with Gasteiger partial charge in [-0.05, 0) is 49.7 Å². The van der Waals surface area contributed by atoms with Crippen molar-refractivity contribution in [3.63, 3.8) is 0 Å². The number of hydrogen-bond donors (Lipinski definition) is 1. The molecule has 1 fully saturated rings. The molecule has 3 rings (SSSR count). The van der Waals surface area contributed by atoms with Gasteiger partial charge in [-0.2, -0.15) is 0 Å². The zero-order valence-electron chi connectivity index (χ0n) is 12.8. The summed E-state index contributed by atoms with van der Waals surface area (Å²) in [6.07, 6.45) is 5.23. The molecule has 2 aliphatic heterocycles. The zero-order valence-corrected chi connectivity index (χ0v) is 13.5. The van der Waals surface area contributed by atoms with Crippen LogP contribution >= 0.6 is 11.6 Å². The van der Waals surface area contributed by atoms with E-state index >= 15 is 0 Å². The van der Waals surface area contributed by atoms with E-state index in [1.807, 2.05) is 18.2 Å². The highest BCUT2D eigenvalue weighted by Gasteiger charge is 2.26. The first-order chi connectivity index (χ1) is 10.2. The molecule has 2 heterocycles. The standard InChI is InChI=1S/C17H25ClN2O/c1-2-20(11-15-5-3-4-8-19-15)12-16-10-13-9-14(18)6-7-17(13)21-16/h6-7,9,15-16,19H,2-5,8,10-12H2,1H3. The highest BCUT2D eigenvalue weighted by molar-refractivity contribution is 6.30. The number of likely N-dealkylation sites (N-methyl/N-ethyl adjacent to an activating group) is 1. The average molecular weight is 309 g/mol. The first kappa shape index (κ1) is 15.1. The van der Waals surface area contributed by atoms with Crippen molar-refractivity contribution in [1.29, 1.82) is 0 Å². The van der Waals surface area contributed by atoms with Gasteiger partial charge in [0.1, 0.15) is 11.9 Å². The fourth-order valence-electron chi connectivity index (χ4n) is 3.40. The van der Waals surface area contributed by atoms with Gasteiger partial charge in [-0.15, -0.1) is 0 Å². The second-order valence-electron chi connectivity index (χ2n) is 6.20. The van der Waals surface area contributed by atoms with Gasteiger partial charge in [0.15, 0.2) is 0 Å². The van der Waals surface area contributed by atoms with Crippen LogP contribution in [0.4, 0.5) is 0 Å². The van der Waals surface area contributed by atoms with E-state index in [4.69, 9.17) is 16.3 Å². The third kappa shape index (κ3) is 3.91. The molecule has 2 atom stereocenters. The first-order valence-electron chi connectivity index (χ1n) is 8.15. The number of nitrogens with one attached hydrogen (secondary N) is 1. The largest absolute Gasteiger partial charge is 0.488 e. The molecule has 0 aromatic heterocycles. The average Bonchev–Trinajstić information content (AvgIpc) is 2.89. The van der Waals surface area contributed by atoms with Crippen molar-refractivity contribution >= 4 is 11.6 Å². The Morgan fingerprint density at radius 3 is 3.00 bits per heavy atom. The summed E-state index contributed by atoms with van der Waals surface area (Å²) in [7, 11) is 0. The quantitative estimate of drug-likeness (QED) is 0.904. The number of piperidine rings is 1. The van der Waals surface area contributed by atoms with Gasteiger partial charge in [-0.1, -0.05) is 24.9 Å². The smallest absolute Gasteiger partial charge is 0.123 e. The van der Waals surface area contributed by atoms with Gasteiger partial charge in [0.05, 0.1) is 0 Å². The molecule has 0 amide bonds. The predicted molar refractivity (Wildman–Crippen MR) is 87.3 cm³/mol. The normalized spacial score (nSPS) is 24.9. The molecule has 21 heavy (non-hydrogen) atoms. The first-order valence-corrected chi connectivity index (χ1v) is 8.53. The maximum absolute atomic E-state index is 6.06. The van der Waals surface area contributed by atoms with Crippen LogP contribution < -0.4 is 10.1 Å². The molecule has 116 valence electrons. The fourth-order valence-corrected chi connectivity index (χ4v) is 3.60. The lowest BCUT2D eigenvalue weighted by atomic mass is 10.0. The Hall–Kier alpha value is -0.770. The molecule has 0 radical (unpaired) electrons. The van der Waals surface area contributed by atoms with Crippen molar-refractivity contribution in [2.24, 2.45) is 0 Å². The summed E-state index contributed by atoms with van der Waals surface area (Å²) >= 11 is 6.06. The summed E-state index contributed by atoms with van der Waals surface area (Å²) in [5.74, 6) is 1.01. The molecular formula is C17H25ClN2O. The molecule has 0 saturated carbocycles. The van der Waals surface area contributed by atoms with Gasteiger partial charge in [0.25, 0.3) is 0 Å². The minimum Gasteiger partial charge on any atom is -0.488 e. The van der Waals surface area contributed by atoms with Crippen LogP contribution in [0.2, 0.25) is 5.02 Å². The molecule has 0 spiro atoms. The highest BCUT2D eigenvalue weighted by atomic mass is 35.5. The number of rotatable bonds is 5. The van der Waals surface area contributed by atoms with Crippen LogP contribution in [0, 0.1) is 0 Å². The summed E-state index contributed by atoms with van der Waals surface area (Å²) in [6.45, 7) is 6.62. The van der Waals surface area contributed by atoms with Gasteiger partial charge >= 0.3 is 0 Å². The number of halogens is 1. The van der Waals surface area contributed by atoms with Gasteiger partial charge in [-0.3, -0.25) is 4.90 Å². The second kappa shape index (κ2) is 6.99. The van der Waals surface area contributed by atoms with Crippen LogP contribution in [0.15, 0.2) is 18.2 Å². The Morgan fingerprint density at radius 1 is 1.33 bits per heavy atom. The van der Waals surface area contributed by atoms with Crippen LogP contribution in [0.5, 0.6) is 5.75 Å². The monoisotopic (exact) mass is 308 g/mol. The van der Waals surface area contributed by atoms with Crippen molar-refractivity contribution in [1.82, 2.24) is 10.2 Å². The van der Waals surface area contributed by atoms with E-state index in [1.54, 1.807) is 0 Å². The molecule has 1 N–H and O–H groups in total. The van der Waals surface area contributed by atoms with Gasteiger partial charge in [-0.25, -0.2) is 0 Å². The van der Waals surface area contributed by atoms with E-state index < -0.39 is 0 Å². The van der Waals surface area contributed by atoms with E-state index in [9.17, 15) is 0 Å². The lowest BCUT2D eigenvalue weighted by Gasteiger charge is -2.31. The zero-order chi connectivity index (χ0) is 14.7. The van der Waals surface area contributed by atoms with Crippen LogP contribution in [0.1, 0.15) is 31.7 Å². The Balaban J connectivity index is 1.53. The molecule has 3 nitrogen and oxygen atoms in total. The minimum atomic E-state index is 0.266. The van der Waals surface area contributed by atoms with E-state index in [0.29, 0.717) is 6.04 Å². The predicted octanol–water partition coefficient (Wildman–Crippen LogP) is 3.11. The Morgan fingerprint density at radius 2 is 2.24 bits per heavy atom. The minimum absolute atomic E-state index is 0.266. The van der Waals surface area contributed by atoms with Crippen molar-refractivity contribution in [3.05, 3.63) is 28.8 Å².